The molecular formula is C13H21N5O3. The molecule has 1 aromatic rings. The van der Waals surface area contributed by atoms with Gasteiger partial charge in [-0.05, 0) is 19.5 Å². The summed E-state index contributed by atoms with van der Waals surface area (Å²) in [5.41, 5.74) is 0.0124. The third-order valence-corrected chi connectivity index (χ3v) is 3.34. The molecule has 0 radical (unpaired) electrons. The van der Waals surface area contributed by atoms with E-state index in [4.69, 9.17) is 5.11 Å². The fourth-order valence-electron chi connectivity index (χ4n) is 2.24. The van der Waals surface area contributed by atoms with Crippen LogP contribution < -0.4 is 10.6 Å². The van der Waals surface area contributed by atoms with E-state index >= 15 is 0 Å². The van der Waals surface area contributed by atoms with Crippen LogP contribution in [-0.2, 0) is 11.3 Å². The van der Waals surface area contributed by atoms with Gasteiger partial charge in [0.15, 0.2) is 5.69 Å². The van der Waals surface area contributed by atoms with Crippen molar-refractivity contribution in [3.63, 3.8) is 0 Å². The monoisotopic (exact) mass is 295 g/mol. The minimum Gasteiger partial charge on any atom is -0.476 e. The first kappa shape index (κ1) is 15.5. The van der Waals surface area contributed by atoms with Crippen molar-refractivity contribution in [3.05, 3.63) is 18.2 Å². The zero-order chi connectivity index (χ0) is 15.1. The van der Waals surface area contributed by atoms with Gasteiger partial charge >= 0.3 is 5.97 Å². The second kappa shape index (κ2) is 7.75. The van der Waals surface area contributed by atoms with Crippen LogP contribution >= 0.6 is 0 Å². The van der Waals surface area contributed by atoms with Crippen molar-refractivity contribution >= 4 is 11.9 Å². The van der Waals surface area contributed by atoms with Crippen molar-refractivity contribution in [1.82, 2.24) is 25.1 Å². The molecule has 1 fully saturated rings. The van der Waals surface area contributed by atoms with Crippen LogP contribution in [0.4, 0.5) is 0 Å². The number of aromatic carboxylic acids is 1. The molecule has 1 amide bonds. The summed E-state index contributed by atoms with van der Waals surface area (Å²) in [6.07, 6.45) is 3.96. The normalized spacial score (nSPS) is 16.4. The molecule has 3 N–H and O–H groups in total. The Bertz CT molecular complexity index is 480. The van der Waals surface area contributed by atoms with Crippen LogP contribution in [0, 0.1) is 0 Å². The molecule has 0 aromatic carbocycles. The summed E-state index contributed by atoms with van der Waals surface area (Å²) in [5.74, 6) is -1.05. The number of nitrogens with one attached hydrogen (secondary N) is 2. The Morgan fingerprint density at radius 2 is 2.24 bits per heavy atom. The molecule has 0 aliphatic carbocycles. The Morgan fingerprint density at radius 3 is 3.00 bits per heavy atom. The molecule has 21 heavy (non-hydrogen) atoms. The average molecular weight is 295 g/mol. The Hall–Kier alpha value is -1.93. The van der Waals surface area contributed by atoms with Crippen LogP contribution in [0.15, 0.2) is 12.5 Å². The summed E-state index contributed by atoms with van der Waals surface area (Å²) in [5, 5.41) is 14.9. The third-order valence-electron chi connectivity index (χ3n) is 3.34. The fraction of sp³-hybridized carbons (Fsp3) is 0.615. The topological polar surface area (TPSA) is 99.5 Å². The predicted octanol–water partition coefficient (Wildman–Crippen LogP) is -1.01. The van der Waals surface area contributed by atoms with E-state index in [1.54, 1.807) is 4.57 Å². The van der Waals surface area contributed by atoms with E-state index in [0.717, 1.165) is 32.6 Å². The number of carboxylic acid groups (broad SMARTS) is 1. The fourth-order valence-corrected chi connectivity index (χ4v) is 2.24. The minimum absolute atomic E-state index is 0.00419. The molecule has 1 aromatic heterocycles. The Balaban J connectivity index is 1.67. The molecule has 116 valence electrons. The summed E-state index contributed by atoms with van der Waals surface area (Å²) >= 11 is 0. The van der Waals surface area contributed by atoms with Gasteiger partial charge in [-0.1, -0.05) is 0 Å². The number of hydrogen-bond acceptors (Lipinski definition) is 5. The number of aromatic nitrogens is 2. The van der Waals surface area contributed by atoms with Crippen LogP contribution in [0.25, 0.3) is 0 Å². The van der Waals surface area contributed by atoms with Gasteiger partial charge in [0.25, 0.3) is 0 Å². The maximum Gasteiger partial charge on any atom is 0.356 e. The molecular weight excluding hydrogens is 274 g/mol. The lowest BCUT2D eigenvalue weighted by Gasteiger charge is -2.18. The second-order valence-corrected chi connectivity index (χ2v) is 5.03. The number of imidazole rings is 1. The maximum absolute atomic E-state index is 11.8. The maximum atomic E-state index is 11.8. The van der Waals surface area contributed by atoms with Gasteiger partial charge in [-0.25, -0.2) is 9.78 Å². The number of carboxylic acids is 1. The van der Waals surface area contributed by atoms with Gasteiger partial charge in [0.1, 0.15) is 0 Å². The first-order valence-corrected chi connectivity index (χ1v) is 7.10. The Labute approximate surface area is 123 Å². The third kappa shape index (κ3) is 5.16. The molecule has 1 aliphatic rings. The van der Waals surface area contributed by atoms with E-state index in [1.807, 2.05) is 0 Å². The summed E-state index contributed by atoms with van der Waals surface area (Å²) in [6, 6.07) is 0. The lowest BCUT2D eigenvalue weighted by Crippen LogP contribution is -2.39. The predicted molar refractivity (Wildman–Crippen MR) is 76.1 cm³/mol. The van der Waals surface area contributed by atoms with Crippen molar-refractivity contribution < 1.29 is 14.7 Å². The van der Waals surface area contributed by atoms with Crippen LogP contribution in [0.5, 0.6) is 0 Å². The highest BCUT2D eigenvalue weighted by Gasteiger charge is 2.12. The summed E-state index contributed by atoms with van der Waals surface area (Å²) in [7, 11) is 0. The molecule has 2 heterocycles. The SMILES string of the molecule is O=C(CN1CCCNCC1)NCCn1cnc(C(=O)O)c1. The van der Waals surface area contributed by atoms with Crippen LogP contribution in [0.1, 0.15) is 16.9 Å². The van der Waals surface area contributed by atoms with E-state index in [2.05, 4.69) is 20.5 Å². The van der Waals surface area contributed by atoms with E-state index < -0.39 is 5.97 Å². The second-order valence-electron chi connectivity index (χ2n) is 5.03. The highest BCUT2D eigenvalue weighted by molar-refractivity contribution is 5.84. The molecule has 0 unspecified atom stereocenters. The highest BCUT2D eigenvalue weighted by Crippen LogP contribution is 1.96. The quantitative estimate of drug-likeness (QED) is 0.622. The van der Waals surface area contributed by atoms with Crippen LogP contribution in [0.2, 0.25) is 0 Å². The van der Waals surface area contributed by atoms with E-state index in [1.165, 1.54) is 12.5 Å². The van der Waals surface area contributed by atoms with Gasteiger partial charge < -0.3 is 20.3 Å². The molecule has 0 spiro atoms. The van der Waals surface area contributed by atoms with E-state index in [0.29, 0.717) is 19.6 Å². The molecule has 0 saturated carbocycles. The number of rotatable bonds is 6. The van der Waals surface area contributed by atoms with Crippen molar-refractivity contribution in [3.8, 4) is 0 Å². The number of amides is 1. The Kier molecular flexibility index (Phi) is 5.70. The van der Waals surface area contributed by atoms with Crippen LogP contribution in [-0.4, -0.2) is 70.7 Å². The summed E-state index contributed by atoms with van der Waals surface area (Å²) < 4.78 is 1.65. The van der Waals surface area contributed by atoms with Gasteiger partial charge in [0.05, 0.1) is 12.9 Å². The number of carbonyl (C=O) groups is 2. The molecule has 1 aliphatic heterocycles. The summed E-state index contributed by atoms with van der Waals surface area (Å²) in [6.45, 7) is 5.12. The van der Waals surface area contributed by atoms with Crippen molar-refractivity contribution in [2.45, 2.75) is 13.0 Å². The standard InChI is InChI=1S/C13H21N5O3/c19-12(9-17-5-1-2-14-3-6-17)15-4-7-18-8-11(13(20)21)16-10-18/h8,10,14H,1-7,9H2,(H,15,19)(H,20,21). The van der Waals surface area contributed by atoms with Gasteiger partial charge in [-0.2, -0.15) is 0 Å². The molecule has 1 saturated heterocycles. The van der Waals surface area contributed by atoms with Crippen LogP contribution in [0.3, 0.4) is 0 Å². The van der Waals surface area contributed by atoms with Gasteiger partial charge in [0, 0.05) is 32.4 Å². The molecule has 2 rings (SSSR count). The van der Waals surface area contributed by atoms with E-state index in [9.17, 15) is 9.59 Å². The number of nitrogens with zero attached hydrogens (tertiary/aromatic N) is 3. The largest absolute Gasteiger partial charge is 0.476 e. The van der Waals surface area contributed by atoms with Gasteiger partial charge in [0.2, 0.25) is 5.91 Å². The molecule has 0 atom stereocenters. The first-order chi connectivity index (χ1) is 10.1. The van der Waals surface area contributed by atoms with Crippen molar-refractivity contribution in [2.24, 2.45) is 0 Å². The minimum atomic E-state index is -1.05. The Morgan fingerprint density at radius 1 is 1.38 bits per heavy atom. The zero-order valence-electron chi connectivity index (χ0n) is 11.9. The summed E-state index contributed by atoms with van der Waals surface area (Å²) in [4.78, 5) is 28.4. The molecule has 8 nitrogen and oxygen atoms in total. The first-order valence-electron chi connectivity index (χ1n) is 7.10. The molecule has 8 heteroatoms. The van der Waals surface area contributed by atoms with Gasteiger partial charge in [-0.15, -0.1) is 0 Å². The van der Waals surface area contributed by atoms with Crippen molar-refractivity contribution in [2.75, 3.05) is 39.3 Å². The smallest absolute Gasteiger partial charge is 0.356 e. The van der Waals surface area contributed by atoms with Crippen molar-refractivity contribution in [1.29, 1.82) is 0 Å². The zero-order valence-corrected chi connectivity index (χ0v) is 11.9. The number of hydrogen-bond donors (Lipinski definition) is 3. The number of carbonyl (C=O) groups excluding carboxylic acids is 1. The lowest BCUT2D eigenvalue weighted by molar-refractivity contribution is -0.122. The highest BCUT2D eigenvalue weighted by atomic mass is 16.4. The average Bonchev–Trinajstić information content (AvgIpc) is 2.77. The van der Waals surface area contributed by atoms with Gasteiger partial charge in [-0.3, -0.25) is 9.69 Å². The molecule has 0 bridgehead atoms. The lowest BCUT2D eigenvalue weighted by atomic mass is 10.4. The van der Waals surface area contributed by atoms with E-state index in [-0.39, 0.29) is 11.6 Å².